The zero-order valence-electron chi connectivity index (χ0n) is 9.44. The molecule has 1 aliphatic rings. The summed E-state index contributed by atoms with van der Waals surface area (Å²) in [4.78, 5) is 26.9. The molecule has 1 aliphatic heterocycles. The minimum atomic E-state index is -0.0796. The number of nitrogens with zero attached hydrogens (tertiary/aromatic N) is 1. The lowest BCUT2D eigenvalue weighted by atomic mass is 9.98. The Morgan fingerprint density at radius 3 is 3.18 bits per heavy atom. The summed E-state index contributed by atoms with van der Waals surface area (Å²) in [5.41, 5.74) is 0. The Bertz CT molecular complexity index is 381. The van der Waals surface area contributed by atoms with Crippen molar-refractivity contribution in [2.75, 3.05) is 13.1 Å². The molecule has 0 aliphatic carbocycles. The number of nitrogens with one attached hydrogen (secondary N) is 2. The van der Waals surface area contributed by atoms with Crippen LogP contribution in [-0.4, -0.2) is 29.9 Å². The third kappa shape index (κ3) is 3.52. The van der Waals surface area contributed by atoms with Crippen LogP contribution in [0, 0.1) is 5.92 Å². The van der Waals surface area contributed by atoms with E-state index in [1.807, 2.05) is 5.38 Å². The smallest absolute Gasteiger partial charge is 0.224 e. The van der Waals surface area contributed by atoms with Crippen LogP contribution in [0.25, 0.3) is 0 Å². The van der Waals surface area contributed by atoms with E-state index in [2.05, 4.69) is 15.6 Å². The van der Waals surface area contributed by atoms with Crippen LogP contribution in [-0.2, 0) is 16.0 Å². The van der Waals surface area contributed by atoms with Crippen molar-refractivity contribution in [2.24, 2.45) is 5.92 Å². The molecule has 0 spiro atoms. The van der Waals surface area contributed by atoms with Gasteiger partial charge in [-0.25, -0.2) is 4.98 Å². The van der Waals surface area contributed by atoms with Crippen LogP contribution in [0.5, 0.6) is 0 Å². The standard InChI is InChI=1S/C11H15N3O2S/c15-9-2-1-8(7-14-9)11(16)13-4-3-10-12-5-6-17-10/h5-6,8H,1-4,7H2,(H,13,16)(H,14,15). The summed E-state index contributed by atoms with van der Waals surface area (Å²) in [5.74, 6) is -0.0117. The highest BCUT2D eigenvalue weighted by atomic mass is 32.1. The summed E-state index contributed by atoms with van der Waals surface area (Å²) >= 11 is 1.59. The van der Waals surface area contributed by atoms with Gasteiger partial charge in [0.1, 0.15) is 0 Å². The molecule has 0 bridgehead atoms. The van der Waals surface area contributed by atoms with Crippen LogP contribution in [0.4, 0.5) is 0 Å². The molecule has 2 amide bonds. The maximum Gasteiger partial charge on any atom is 0.224 e. The molecule has 1 aromatic rings. The van der Waals surface area contributed by atoms with Crippen LogP contribution < -0.4 is 10.6 Å². The monoisotopic (exact) mass is 253 g/mol. The Kier molecular flexibility index (Phi) is 4.08. The number of carbonyl (C=O) groups is 2. The highest BCUT2D eigenvalue weighted by Crippen LogP contribution is 2.10. The molecule has 0 aromatic carbocycles. The summed E-state index contributed by atoms with van der Waals surface area (Å²) in [6.45, 7) is 1.07. The van der Waals surface area contributed by atoms with Gasteiger partial charge in [0, 0.05) is 37.5 Å². The van der Waals surface area contributed by atoms with E-state index in [0.29, 0.717) is 25.9 Å². The van der Waals surface area contributed by atoms with Crippen molar-refractivity contribution in [3.8, 4) is 0 Å². The van der Waals surface area contributed by atoms with Crippen molar-refractivity contribution in [1.82, 2.24) is 15.6 Å². The van der Waals surface area contributed by atoms with Gasteiger partial charge in [-0.15, -0.1) is 11.3 Å². The van der Waals surface area contributed by atoms with Gasteiger partial charge in [0.15, 0.2) is 0 Å². The van der Waals surface area contributed by atoms with E-state index in [4.69, 9.17) is 0 Å². The zero-order chi connectivity index (χ0) is 12.1. The molecule has 1 atom stereocenters. The second kappa shape index (κ2) is 5.77. The molecular weight excluding hydrogens is 238 g/mol. The van der Waals surface area contributed by atoms with Crippen molar-refractivity contribution < 1.29 is 9.59 Å². The highest BCUT2D eigenvalue weighted by Gasteiger charge is 2.23. The molecule has 5 nitrogen and oxygen atoms in total. The molecule has 2 N–H and O–H groups in total. The SMILES string of the molecule is O=C1CCC(C(=O)NCCc2nccs2)CN1. The first-order valence-electron chi connectivity index (χ1n) is 5.68. The van der Waals surface area contributed by atoms with Crippen molar-refractivity contribution >= 4 is 23.2 Å². The quantitative estimate of drug-likeness (QED) is 0.812. The van der Waals surface area contributed by atoms with Gasteiger partial charge in [0.2, 0.25) is 11.8 Å². The number of hydrogen-bond donors (Lipinski definition) is 2. The minimum absolute atomic E-state index is 0.0292. The minimum Gasteiger partial charge on any atom is -0.355 e. The Morgan fingerprint density at radius 2 is 2.53 bits per heavy atom. The fourth-order valence-electron chi connectivity index (χ4n) is 1.77. The van der Waals surface area contributed by atoms with Crippen LogP contribution >= 0.6 is 11.3 Å². The van der Waals surface area contributed by atoms with Gasteiger partial charge in [0.05, 0.1) is 10.9 Å². The predicted molar refractivity (Wildman–Crippen MR) is 64.6 cm³/mol. The fourth-order valence-corrected chi connectivity index (χ4v) is 2.39. The third-order valence-electron chi connectivity index (χ3n) is 2.76. The molecule has 1 saturated heterocycles. The maximum atomic E-state index is 11.8. The molecule has 92 valence electrons. The van der Waals surface area contributed by atoms with Crippen molar-refractivity contribution in [3.05, 3.63) is 16.6 Å². The summed E-state index contributed by atoms with van der Waals surface area (Å²) < 4.78 is 0. The Balaban J connectivity index is 1.68. The maximum absolute atomic E-state index is 11.8. The predicted octanol–water partition coefficient (Wildman–Crippen LogP) is 0.328. The number of carbonyl (C=O) groups excluding carboxylic acids is 2. The van der Waals surface area contributed by atoms with Gasteiger partial charge in [-0.2, -0.15) is 0 Å². The van der Waals surface area contributed by atoms with Crippen molar-refractivity contribution in [1.29, 1.82) is 0 Å². The van der Waals surface area contributed by atoms with Gasteiger partial charge in [-0.1, -0.05) is 0 Å². The lowest BCUT2D eigenvalue weighted by molar-refractivity contribution is -0.128. The van der Waals surface area contributed by atoms with E-state index < -0.39 is 0 Å². The third-order valence-corrected chi connectivity index (χ3v) is 3.60. The summed E-state index contributed by atoms with van der Waals surface area (Å²) in [7, 11) is 0. The first kappa shape index (κ1) is 12.0. The average Bonchev–Trinajstić information content (AvgIpc) is 2.83. The van der Waals surface area contributed by atoms with Gasteiger partial charge in [-0.05, 0) is 6.42 Å². The van der Waals surface area contributed by atoms with Gasteiger partial charge < -0.3 is 10.6 Å². The van der Waals surface area contributed by atoms with E-state index in [9.17, 15) is 9.59 Å². The first-order chi connectivity index (χ1) is 8.25. The average molecular weight is 253 g/mol. The second-order valence-corrected chi connectivity index (χ2v) is 4.99. The molecule has 0 saturated carbocycles. The van der Waals surface area contributed by atoms with E-state index >= 15 is 0 Å². The fraction of sp³-hybridized carbons (Fsp3) is 0.545. The number of amides is 2. The largest absolute Gasteiger partial charge is 0.355 e. The lowest BCUT2D eigenvalue weighted by Crippen LogP contribution is -2.43. The summed E-state index contributed by atoms with van der Waals surface area (Å²) in [5, 5.41) is 8.54. The van der Waals surface area contributed by atoms with Gasteiger partial charge >= 0.3 is 0 Å². The van der Waals surface area contributed by atoms with Crippen LogP contribution in [0.1, 0.15) is 17.8 Å². The number of thiazole rings is 1. The molecule has 1 fully saturated rings. The normalized spacial score (nSPS) is 19.8. The summed E-state index contributed by atoms with van der Waals surface area (Å²) in [6.07, 6.45) is 3.63. The van der Waals surface area contributed by atoms with E-state index in [1.54, 1.807) is 17.5 Å². The van der Waals surface area contributed by atoms with Gasteiger partial charge in [0.25, 0.3) is 0 Å². The van der Waals surface area contributed by atoms with Crippen molar-refractivity contribution in [3.63, 3.8) is 0 Å². The molecule has 1 unspecified atom stereocenters. The molecule has 2 heterocycles. The number of piperidine rings is 1. The highest BCUT2D eigenvalue weighted by molar-refractivity contribution is 7.09. The molecule has 17 heavy (non-hydrogen) atoms. The van der Waals surface area contributed by atoms with Crippen LogP contribution in [0.2, 0.25) is 0 Å². The van der Waals surface area contributed by atoms with Crippen LogP contribution in [0.15, 0.2) is 11.6 Å². The molecule has 0 radical (unpaired) electrons. The number of aromatic nitrogens is 1. The lowest BCUT2D eigenvalue weighted by Gasteiger charge is -2.21. The molecule has 6 heteroatoms. The van der Waals surface area contributed by atoms with E-state index in [1.165, 1.54) is 0 Å². The molecular formula is C11H15N3O2S. The van der Waals surface area contributed by atoms with Crippen LogP contribution in [0.3, 0.4) is 0 Å². The van der Waals surface area contributed by atoms with Crippen molar-refractivity contribution in [2.45, 2.75) is 19.3 Å². The number of hydrogen-bond acceptors (Lipinski definition) is 4. The second-order valence-electron chi connectivity index (χ2n) is 4.01. The molecule has 2 rings (SSSR count). The Morgan fingerprint density at radius 1 is 1.65 bits per heavy atom. The van der Waals surface area contributed by atoms with E-state index in [0.717, 1.165) is 11.4 Å². The summed E-state index contributed by atoms with van der Waals surface area (Å²) in [6, 6.07) is 0. The Labute approximate surface area is 104 Å². The number of rotatable bonds is 4. The van der Waals surface area contributed by atoms with E-state index in [-0.39, 0.29) is 17.7 Å². The zero-order valence-corrected chi connectivity index (χ0v) is 10.3. The Hall–Kier alpha value is -1.43. The molecule has 1 aromatic heterocycles. The first-order valence-corrected chi connectivity index (χ1v) is 6.56. The topological polar surface area (TPSA) is 71.1 Å². The van der Waals surface area contributed by atoms with Gasteiger partial charge in [-0.3, -0.25) is 9.59 Å².